The Morgan fingerprint density at radius 3 is 2.28 bits per heavy atom. The number of nitrogens with zero attached hydrogens (tertiary/aromatic N) is 3. The Balaban J connectivity index is 1.62. The highest BCUT2D eigenvalue weighted by Crippen LogP contribution is 2.42. The molecule has 0 spiro atoms. The van der Waals surface area contributed by atoms with E-state index in [0.717, 1.165) is 17.4 Å². The van der Waals surface area contributed by atoms with Gasteiger partial charge in [-0.3, -0.25) is 4.98 Å². The van der Waals surface area contributed by atoms with E-state index in [1.165, 1.54) is 28.2 Å². The van der Waals surface area contributed by atoms with Crippen LogP contribution in [-0.4, -0.2) is 19.6 Å². The molecule has 1 aliphatic rings. The molecule has 5 heteroatoms. The number of hydrogen-bond donors (Lipinski definition) is 1. The number of nitrogens with one attached hydrogen (secondary N) is 1. The van der Waals surface area contributed by atoms with Gasteiger partial charge in [-0.05, 0) is 67.5 Å². The van der Waals surface area contributed by atoms with Gasteiger partial charge in [-0.25, -0.2) is 0 Å². The number of rotatable bonds is 5. The second-order valence-electron chi connectivity index (χ2n) is 8.24. The van der Waals surface area contributed by atoms with Gasteiger partial charge in [0.1, 0.15) is 0 Å². The number of aryl methyl sites for hydroxylation is 1. The molecule has 0 radical (unpaired) electrons. The van der Waals surface area contributed by atoms with Gasteiger partial charge in [0.2, 0.25) is 0 Å². The second kappa shape index (κ2) is 8.60. The maximum absolute atomic E-state index is 5.85. The Morgan fingerprint density at radius 1 is 0.906 bits per heavy atom. The molecule has 32 heavy (non-hydrogen) atoms. The molecule has 1 saturated heterocycles. The highest BCUT2D eigenvalue weighted by atomic mass is 32.1. The summed E-state index contributed by atoms with van der Waals surface area (Å²) < 4.78 is 2.33. The van der Waals surface area contributed by atoms with E-state index in [9.17, 15) is 0 Å². The zero-order valence-corrected chi connectivity index (χ0v) is 19.1. The van der Waals surface area contributed by atoms with Crippen molar-refractivity contribution < 1.29 is 0 Å². The average Bonchev–Trinajstić information content (AvgIpc) is 3.30. The number of para-hydroxylation sites is 1. The van der Waals surface area contributed by atoms with Crippen LogP contribution in [-0.2, 0) is 6.54 Å². The summed E-state index contributed by atoms with van der Waals surface area (Å²) in [5.41, 5.74) is 7.11. The summed E-state index contributed by atoms with van der Waals surface area (Å²) in [7, 11) is 0. The highest BCUT2D eigenvalue weighted by molar-refractivity contribution is 7.80. The van der Waals surface area contributed by atoms with Gasteiger partial charge in [0.15, 0.2) is 5.11 Å². The van der Waals surface area contributed by atoms with E-state index in [2.05, 4.69) is 100 Å². The third-order valence-corrected chi connectivity index (χ3v) is 6.55. The van der Waals surface area contributed by atoms with Crippen LogP contribution in [0.2, 0.25) is 0 Å². The van der Waals surface area contributed by atoms with E-state index < -0.39 is 0 Å². The summed E-state index contributed by atoms with van der Waals surface area (Å²) in [6.07, 6.45) is 1.85. The van der Waals surface area contributed by atoms with E-state index >= 15 is 0 Å². The second-order valence-corrected chi connectivity index (χ2v) is 8.62. The Hall–Kier alpha value is -3.44. The largest absolute Gasteiger partial charge is 0.352 e. The molecule has 1 N–H and O–H groups in total. The number of hydrogen-bond acceptors (Lipinski definition) is 2. The van der Waals surface area contributed by atoms with Crippen molar-refractivity contribution in [3.8, 4) is 5.69 Å². The lowest BCUT2D eigenvalue weighted by Gasteiger charge is -2.28. The predicted octanol–water partition coefficient (Wildman–Crippen LogP) is 5.66. The fraction of sp³-hybridized carbons (Fsp3) is 0.185. The summed E-state index contributed by atoms with van der Waals surface area (Å²) in [4.78, 5) is 6.98. The quantitative estimate of drug-likeness (QED) is 0.408. The van der Waals surface area contributed by atoms with Gasteiger partial charge in [0.05, 0.1) is 17.8 Å². The molecular weight excluding hydrogens is 412 g/mol. The molecule has 0 amide bonds. The van der Waals surface area contributed by atoms with Crippen LogP contribution in [0.4, 0.5) is 0 Å². The fourth-order valence-corrected chi connectivity index (χ4v) is 5.06. The van der Waals surface area contributed by atoms with E-state index in [-0.39, 0.29) is 12.1 Å². The molecule has 2 atom stereocenters. The molecule has 4 nitrogen and oxygen atoms in total. The van der Waals surface area contributed by atoms with Gasteiger partial charge in [0.25, 0.3) is 0 Å². The van der Waals surface area contributed by atoms with Crippen LogP contribution < -0.4 is 5.32 Å². The van der Waals surface area contributed by atoms with Gasteiger partial charge in [-0.15, -0.1) is 0 Å². The standard InChI is InChI=1S/C27H26N4S/c1-19-17-23(20(2)31(19)22-13-7-4-8-14-22)26-25(24-15-9-10-16-28-24)29-27(32)30(26)18-21-11-5-3-6-12-21/h3-17,25-26H,18H2,1-2H3,(H,29,32)/t25-,26-/m0/s1. The molecule has 4 aromatic rings. The molecule has 1 aliphatic heterocycles. The van der Waals surface area contributed by atoms with Crippen molar-refractivity contribution in [1.82, 2.24) is 19.8 Å². The van der Waals surface area contributed by atoms with E-state index in [1.54, 1.807) is 0 Å². The van der Waals surface area contributed by atoms with Crippen molar-refractivity contribution in [2.75, 3.05) is 0 Å². The number of pyridine rings is 1. The minimum atomic E-state index is -0.0165. The van der Waals surface area contributed by atoms with Crippen LogP contribution >= 0.6 is 12.2 Å². The van der Waals surface area contributed by atoms with Crippen molar-refractivity contribution in [3.05, 3.63) is 119 Å². The lowest BCUT2D eigenvalue weighted by molar-refractivity contribution is 0.310. The molecule has 160 valence electrons. The lowest BCUT2D eigenvalue weighted by atomic mass is 9.96. The zero-order valence-electron chi connectivity index (χ0n) is 18.3. The molecule has 3 heterocycles. The SMILES string of the molecule is Cc1cc([C@H]2[C@H](c3ccccn3)NC(=S)N2Cc2ccccc2)c(C)n1-c1ccccc1. The van der Waals surface area contributed by atoms with Crippen LogP contribution in [0.1, 0.15) is 40.3 Å². The fourth-order valence-electron chi connectivity index (χ4n) is 4.76. The van der Waals surface area contributed by atoms with Crippen molar-refractivity contribution in [2.45, 2.75) is 32.5 Å². The molecule has 0 bridgehead atoms. The van der Waals surface area contributed by atoms with Gasteiger partial charge in [-0.2, -0.15) is 0 Å². The Labute approximate surface area is 194 Å². The Kier molecular flexibility index (Phi) is 5.50. The molecular formula is C27H26N4S. The summed E-state index contributed by atoms with van der Waals surface area (Å²) in [6, 6.07) is 29.4. The molecule has 2 aromatic carbocycles. The van der Waals surface area contributed by atoms with Crippen LogP contribution in [0.3, 0.4) is 0 Å². The lowest BCUT2D eigenvalue weighted by Crippen LogP contribution is -2.29. The zero-order chi connectivity index (χ0) is 22.1. The minimum absolute atomic E-state index is 0.0165. The summed E-state index contributed by atoms with van der Waals surface area (Å²) >= 11 is 5.85. The molecule has 0 aliphatic carbocycles. The molecule has 1 fully saturated rings. The number of thiocarbonyl (C=S) groups is 1. The number of aromatic nitrogens is 2. The third-order valence-electron chi connectivity index (χ3n) is 6.20. The first-order valence-electron chi connectivity index (χ1n) is 10.9. The normalized spacial score (nSPS) is 18.1. The van der Waals surface area contributed by atoms with Crippen LogP contribution in [0.25, 0.3) is 5.69 Å². The van der Waals surface area contributed by atoms with Crippen molar-refractivity contribution in [2.24, 2.45) is 0 Å². The Morgan fingerprint density at radius 2 is 1.59 bits per heavy atom. The highest BCUT2D eigenvalue weighted by Gasteiger charge is 2.41. The van der Waals surface area contributed by atoms with Gasteiger partial charge < -0.3 is 14.8 Å². The maximum atomic E-state index is 5.85. The van der Waals surface area contributed by atoms with E-state index in [4.69, 9.17) is 12.2 Å². The van der Waals surface area contributed by atoms with Crippen LogP contribution in [0, 0.1) is 13.8 Å². The first kappa shape index (κ1) is 20.5. The molecule has 0 unspecified atom stereocenters. The van der Waals surface area contributed by atoms with Gasteiger partial charge in [0, 0.05) is 29.8 Å². The summed E-state index contributed by atoms with van der Waals surface area (Å²) in [6.45, 7) is 5.12. The van der Waals surface area contributed by atoms with Crippen LogP contribution in [0.15, 0.2) is 91.1 Å². The smallest absolute Gasteiger partial charge is 0.170 e. The van der Waals surface area contributed by atoms with Gasteiger partial charge >= 0.3 is 0 Å². The van der Waals surface area contributed by atoms with Gasteiger partial charge in [-0.1, -0.05) is 54.6 Å². The summed E-state index contributed by atoms with van der Waals surface area (Å²) in [5, 5.41) is 4.33. The van der Waals surface area contributed by atoms with Crippen LogP contribution in [0.5, 0.6) is 0 Å². The van der Waals surface area contributed by atoms with Crippen molar-refractivity contribution in [3.63, 3.8) is 0 Å². The van der Waals surface area contributed by atoms with E-state index in [0.29, 0.717) is 0 Å². The first-order chi connectivity index (χ1) is 15.6. The number of benzene rings is 2. The topological polar surface area (TPSA) is 33.1 Å². The monoisotopic (exact) mass is 438 g/mol. The van der Waals surface area contributed by atoms with Crippen molar-refractivity contribution in [1.29, 1.82) is 0 Å². The van der Waals surface area contributed by atoms with Crippen molar-refractivity contribution >= 4 is 17.3 Å². The molecule has 0 saturated carbocycles. The summed E-state index contributed by atoms with van der Waals surface area (Å²) in [5.74, 6) is 0. The molecule has 5 rings (SSSR count). The molecule has 2 aromatic heterocycles. The Bertz CT molecular complexity index is 1220. The third kappa shape index (κ3) is 3.69. The van der Waals surface area contributed by atoms with E-state index in [1.807, 2.05) is 24.4 Å². The predicted molar refractivity (Wildman–Crippen MR) is 133 cm³/mol. The first-order valence-corrected chi connectivity index (χ1v) is 11.3. The average molecular weight is 439 g/mol. The minimum Gasteiger partial charge on any atom is -0.352 e. The maximum Gasteiger partial charge on any atom is 0.170 e.